The predicted octanol–water partition coefficient (Wildman–Crippen LogP) is 1.87. The third-order valence-electron chi connectivity index (χ3n) is 10.7. The quantitative estimate of drug-likeness (QED) is 0.411. The summed E-state index contributed by atoms with van der Waals surface area (Å²) in [7, 11) is 0. The fourth-order valence-electron chi connectivity index (χ4n) is 9.44. The first kappa shape index (κ1) is 20.1. The minimum Gasteiger partial charge on any atom is -0.327 e. The highest BCUT2D eigenvalue weighted by atomic mass is 15.0. The Morgan fingerprint density at radius 1 is 0.741 bits per heavy atom. The Bertz CT molecular complexity index is 632. The monoisotopic (exact) mass is 377 g/mol. The Kier molecular flexibility index (Phi) is 4.08. The van der Waals surface area contributed by atoms with Crippen LogP contribution in [0, 0.1) is 39.4 Å². The van der Waals surface area contributed by atoms with Crippen molar-refractivity contribution in [3.8, 4) is 0 Å². The van der Waals surface area contributed by atoms with Crippen LogP contribution < -0.4 is 28.7 Å². The highest BCUT2D eigenvalue weighted by Gasteiger charge is 2.72. The van der Waals surface area contributed by atoms with Crippen LogP contribution in [0.5, 0.6) is 0 Å². The summed E-state index contributed by atoms with van der Waals surface area (Å²) in [6.07, 6.45) is 6.19. The molecule has 0 aromatic rings. The summed E-state index contributed by atoms with van der Waals surface area (Å²) in [5.74, 6) is 1.14. The topological polar surface area (TPSA) is 130 Å². The van der Waals surface area contributed by atoms with Crippen molar-refractivity contribution in [3.63, 3.8) is 0 Å². The molecule has 27 heavy (non-hydrogen) atoms. The van der Waals surface area contributed by atoms with Crippen molar-refractivity contribution in [2.75, 3.05) is 0 Å². The molecule has 5 heteroatoms. The lowest BCUT2D eigenvalue weighted by molar-refractivity contribution is -0.217. The van der Waals surface area contributed by atoms with Gasteiger partial charge in [0, 0.05) is 24.0 Å². The third-order valence-corrected chi connectivity index (χ3v) is 10.7. The molecule has 0 saturated heterocycles. The molecule has 0 aromatic carbocycles. The van der Waals surface area contributed by atoms with Crippen LogP contribution in [0.1, 0.15) is 73.1 Å². The second-order valence-corrected chi connectivity index (χ2v) is 12.2. The van der Waals surface area contributed by atoms with Crippen molar-refractivity contribution >= 4 is 0 Å². The second-order valence-electron chi connectivity index (χ2n) is 12.2. The van der Waals surface area contributed by atoms with Gasteiger partial charge in [-0.2, -0.15) is 0 Å². The van der Waals surface area contributed by atoms with E-state index >= 15 is 0 Å². The van der Waals surface area contributed by atoms with Gasteiger partial charge in [-0.15, -0.1) is 0 Å². The van der Waals surface area contributed by atoms with Gasteiger partial charge in [0.1, 0.15) is 0 Å². The molecule has 10 N–H and O–H groups in total. The third kappa shape index (κ3) is 2.24. The van der Waals surface area contributed by atoms with E-state index < -0.39 is 5.66 Å². The molecule has 0 aliphatic heterocycles. The SMILES string of the molecule is CC12CC[C@H](N)C(C)(C)C1C(N)CC1(C)C2CC(N)C2C(N)(N)CCC21C. The minimum absolute atomic E-state index is 0.0497. The Labute approximate surface area is 165 Å². The van der Waals surface area contributed by atoms with Crippen molar-refractivity contribution in [2.45, 2.75) is 96.9 Å². The largest absolute Gasteiger partial charge is 0.327 e. The van der Waals surface area contributed by atoms with Crippen molar-refractivity contribution < 1.29 is 0 Å². The molecule has 8 unspecified atom stereocenters. The maximum Gasteiger partial charge on any atom is 0.0686 e. The van der Waals surface area contributed by atoms with Crippen LogP contribution >= 0.6 is 0 Å². The zero-order chi connectivity index (χ0) is 20.2. The first-order valence-corrected chi connectivity index (χ1v) is 11.1. The lowest BCUT2D eigenvalue weighted by atomic mass is 9.34. The summed E-state index contributed by atoms with van der Waals surface area (Å²) in [5.41, 5.74) is 33.4. The Morgan fingerprint density at radius 3 is 2.00 bits per heavy atom. The predicted molar refractivity (Wildman–Crippen MR) is 111 cm³/mol. The van der Waals surface area contributed by atoms with E-state index in [2.05, 4.69) is 34.6 Å². The molecule has 4 rings (SSSR count). The van der Waals surface area contributed by atoms with Gasteiger partial charge >= 0.3 is 0 Å². The van der Waals surface area contributed by atoms with E-state index in [1.807, 2.05) is 0 Å². The van der Waals surface area contributed by atoms with E-state index in [-0.39, 0.29) is 45.7 Å². The van der Waals surface area contributed by atoms with Gasteiger partial charge in [0.25, 0.3) is 0 Å². The summed E-state index contributed by atoms with van der Waals surface area (Å²) >= 11 is 0. The number of hydrogen-bond acceptors (Lipinski definition) is 5. The molecule has 4 aliphatic rings. The molecule has 0 amide bonds. The number of rotatable bonds is 0. The lowest BCUT2D eigenvalue weighted by Gasteiger charge is -2.72. The number of hydrogen-bond donors (Lipinski definition) is 5. The molecule has 0 spiro atoms. The van der Waals surface area contributed by atoms with Crippen LogP contribution in [-0.4, -0.2) is 23.8 Å². The van der Waals surface area contributed by atoms with Crippen LogP contribution in [0.3, 0.4) is 0 Å². The first-order chi connectivity index (χ1) is 12.2. The Hall–Kier alpha value is -0.200. The molecule has 4 fully saturated rings. The lowest BCUT2D eigenvalue weighted by Crippen LogP contribution is -2.74. The van der Waals surface area contributed by atoms with Gasteiger partial charge in [-0.1, -0.05) is 34.6 Å². The van der Waals surface area contributed by atoms with E-state index in [4.69, 9.17) is 28.7 Å². The molecule has 0 bridgehead atoms. The highest BCUT2D eigenvalue weighted by Crippen LogP contribution is 2.74. The molecule has 0 radical (unpaired) electrons. The Morgan fingerprint density at radius 2 is 1.37 bits per heavy atom. The van der Waals surface area contributed by atoms with E-state index in [0.29, 0.717) is 11.8 Å². The maximum atomic E-state index is 7.00. The van der Waals surface area contributed by atoms with Crippen LogP contribution in [0.25, 0.3) is 0 Å². The van der Waals surface area contributed by atoms with Crippen molar-refractivity contribution in [2.24, 2.45) is 68.1 Å². The van der Waals surface area contributed by atoms with Gasteiger partial charge in [-0.05, 0) is 72.0 Å². The summed E-state index contributed by atoms with van der Waals surface area (Å²) < 4.78 is 0. The van der Waals surface area contributed by atoms with Crippen LogP contribution in [0.4, 0.5) is 0 Å². The molecule has 156 valence electrons. The van der Waals surface area contributed by atoms with Crippen LogP contribution in [-0.2, 0) is 0 Å². The molecule has 0 heterocycles. The van der Waals surface area contributed by atoms with E-state index in [9.17, 15) is 0 Å². The second kappa shape index (κ2) is 5.48. The molecular weight excluding hydrogens is 334 g/mol. The summed E-state index contributed by atoms with van der Waals surface area (Å²) in [4.78, 5) is 0. The van der Waals surface area contributed by atoms with Gasteiger partial charge in [-0.3, -0.25) is 0 Å². The van der Waals surface area contributed by atoms with Gasteiger partial charge in [-0.25, -0.2) is 0 Å². The molecule has 4 aliphatic carbocycles. The van der Waals surface area contributed by atoms with E-state index in [1.165, 1.54) is 0 Å². The van der Waals surface area contributed by atoms with Gasteiger partial charge in [0.05, 0.1) is 5.66 Å². The molecule has 4 saturated carbocycles. The Balaban J connectivity index is 1.84. The minimum atomic E-state index is -0.655. The molecule has 9 atom stereocenters. The molecule has 0 aromatic heterocycles. The summed E-state index contributed by atoms with van der Waals surface area (Å²) in [6.45, 7) is 12.1. The van der Waals surface area contributed by atoms with Crippen molar-refractivity contribution in [1.29, 1.82) is 0 Å². The average molecular weight is 378 g/mol. The number of fused-ring (bicyclic) bond motifs is 5. The first-order valence-electron chi connectivity index (χ1n) is 11.1. The normalized spacial score (nSPS) is 58.9. The highest BCUT2D eigenvalue weighted by molar-refractivity contribution is 5.24. The van der Waals surface area contributed by atoms with E-state index in [1.54, 1.807) is 0 Å². The van der Waals surface area contributed by atoms with Crippen LogP contribution in [0.2, 0.25) is 0 Å². The van der Waals surface area contributed by atoms with Gasteiger partial charge < -0.3 is 28.7 Å². The van der Waals surface area contributed by atoms with Gasteiger partial charge in [0.2, 0.25) is 0 Å². The molecule has 5 nitrogen and oxygen atoms in total. The fraction of sp³-hybridized carbons (Fsp3) is 1.00. The maximum absolute atomic E-state index is 7.00. The summed E-state index contributed by atoms with van der Waals surface area (Å²) in [6, 6.07) is 0.449. The van der Waals surface area contributed by atoms with Crippen molar-refractivity contribution in [3.05, 3.63) is 0 Å². The van der Waals surface area contributed by atoms with Gasteiger partial charge in [0.15, 0.2) is 0 Å². The molecular formula is C22H43N5. The summed E-state index contributed by atoms with van der Waals surface area (Å²) in [5, 5.41) is 0. The number of nitrogens with two attached hydrogens (primary N) is 5. The fourth-order valence-corrected chi connectivity index (χ4v) is 9.44. The average Bonchev–Trinajstić information content (AvgIpc) is 2.78. The van der Waals surface area contributed by atoms with Crippen LogP contribution in [0.15, 0.2) is 0 Å². The van der Waals surface area contributed by atoms with E-state index in [0.717, 1.165) is 38.5 Å². The zero-order valence-corrected chi connectivity index (χ0v) is 18.1. The zero-order valence-electron chi connectivity index (χ0n) is 18.1. The standard InChI is InChI=1S/C22H43N5/c1-18(2)15(25)6-7-19(3)14-10-12(23)17-20(4,8-9-22(17,26)27)21(14,5)11-13(24)16(18)19/h12-17H,6-11,23-27H2,1-5H3/t12?,13?,14?,15-,16?,17?,19?,20?,21?/m0/s1. The van der Waals surface area contributed by atoms with Crippen molar-refractivity contribution in [1.82, 2.24) is 0 Å². The smallest absolute Gasteiger partial charge is 0.0686 e.